The van der Waals surface area contributed by atoms with Crippen molar-refractivity contribution < 1.29 is 10.0 Å². The predicted molar refractivity (Wildman–Crippen MR) is 108 cm³/mol. The van der Waals surface area contributed by atoms with Crippen LogP contribution in [0.1, 0.15) is 0 Å². The molecule has 0 radical (unpaired) electrons. The van der Waals surface area contributed by atoms with Crippen molar-refractivity contribution in [1.82, 2.24) is 4.57 Å². The molecule has 0 unspecified atom stereocenters. The number of para-hydroxylation sites is 1. The Labute approximate surface area is 150 Å². The lowest BCUT2D eigenvalue weighted by Gasteiger charge is -2.10. The summed E-state index contributed by atoms with van der Waals surface area (Å²) in [7, 11) is -1.48. The molecular formula is C22H16BNO2. The van der Waals surface area contributed by atoms with Gasteiger partial charge in [-0.15, -0.1) is 0 Å². The van der Waals surface area contributed by atoms with Crippen LogP contribution in [0.15, 0.2) is 84.9 Å². The summed E-state index contributed by atoms with van der Waals surface area (Å²) in [5, 5.41) is 23.8. The van der Waals surface area contributed by atoms with E-state index in [0.717, 1.165) is 27.5 Å². The second kappa shape index (κ2) is 5.73. The molecular weight excluding hydrogens is 321 g/mol. The van der Waals surface area contributed by atoms with Gasteiger partial charge in [0.2, 0.25) is 0 Å². The standard InChI is InChI=1S/C22H16BNO2/c25-23(26)17-10-12-20-19-7-3-4-8-21(19)24(22(20)14-17)18-11-9-15-5-1-2-6-16(15)13-18/h1-14,25-26H. The maximum atomic E-state index is 9.61. The smallest absolute Gasteiger partial charge is 0.423 e. The summed E-state index contributed by atoms with van der Waals surface area (Å²) in [5.41, 5.74) is 3.61. The van der Waals surface area contributed by atoms with Gasteiger partial charge in [-0.3, -0.25) is 0 Å². The highest BCUT2D eigenvalue weighted by Gasteiger charge is 2.16. The van der Waals surface area contributed by atoms with Crippen LogP contribution in [-0.4, -0.2) is 21.7 Å². The number of rotatable bonds is 2. The van der Waals surface area contributed by atoms with E-state index in [1.807, 2.05) is 36.4 Å². The van der Waals surface area contributed by atoms with E-state index in [9.17, 15) is 10.0 Å². The molecule has 0 aliphatic rings. The molecule has 4 aromatic carbocycles. The second-order valence-corrected chi connectivity index (χ2v) is 6.53. The third-order valence-electron chi connectivity index (χ3n) is 4.99. The maximum Gasteiger partial charge on any atom is 0.488 e. The van der Waals surface area contributed by atoms with Crippen LogP contribution >= 0.6 is 0 Å². The molecule has 2 N–H and O–H groups in total. The minimum Gasteiger partial charge on any atom is -0.423 e. The van der Waals surface area contributed by atoms with Gasteiger partial charge in [0.05, 0.1) is 11.0 Å². The Bertz CT molecular complexity index is 1270. The molecule has 3 nitrogen and oxygen atoms in total. The van der Waals surface area contributed by atoms with Crippen LogP contribution in [0.2, 0.25) is 0 Å². The molecule has 0 saturated carbocycles. The SMILES string of the molecule is OB(O)c1ccc2c3ccccc3n(-c3ccc4ccccc4c3)c2c1. The van der Waals surface area contributed by atoms with Crippen LogP contribution in [0.4, 0.5) is 0 Å². The average Bonchev–Trinajstić information content (AvgIpc) is 3.01. The minimum atomic E-state index is -1.48. The van der Waals surface area contributed by atoms with Crippen LogP contribution < -0.4 is 5.46 Å². The minimum absolute atomic E-state index is 0.488. The fraction of sp³-hybridized carbons (Fsp3) is 0. The average molecular weight is 337 g/mol. The molecule has 124 valence electrons. The summed E-state index contributed by atoms with van der Waals surface area (Å²) < 4.78 is 2.18. The third kappa shape index (κ3) is 2.24. The highest BCUT2D eigenvalue weighted by atomic mass is 16.4. The number of nitrogens with zero attached hydrogens (tertiary/aromatic N) is 1. The largest absolute Gasteiger partial charge is 0.488 e. The van der Waals surface area contributed by atoms with Crippen molar-refractivity contribution in [2.45, 2.75) is 0 Å². The Morgan fingerprint density at radius 1 is 0.615 bits per heavy atom. The van der Waals surface area contributed by atoms with Gasteiger partial charge in [0, 0.05) is 16.5 Å². The van der Waals surface area contributed by atoms with Gasteiger partial charge in [0.15, 0.2) is 0 Å². The van der Waals surface area contributed by atoms with Gasteiger partial charge in [0.25, 0.3) is 0 Å². The van der Waals surface area contributed by atoms with Crippen LogP contribution in [0, 0.1) is 0 Å². The highest BCUT2D eigenvalue weighted by molar-refractivity contribution is 6.59. The van der Waals surface area contributed by atoms with Gasteiger partial charge in [-0.2, -0.15) is 0 Å². The molecule has 0 saturated heterocycles. The van der Waals surface area contributed by atoms with Gasteiger partial charge in [0.1, 0.15) is 0 Å². The summed E-state index contributed by atoms with van der Waals surface area (Å²) >= 11 is 0. The van der Waals surface area contributed by atoms with E-state index in [2.05, 4.69) is 47.0 Å². The predicted octanol–water partition coefficient (Wildman–Crippen LogP) is 3.62. The van der Waals surface area contributed by atoms with Gasteiger partial charge in [-0.1, -0.05) is 60.7 Å². The van der Waals surface area contributed by atoms with Crippen molar-refractivity contribution >= 4 is 45.2 Å². The summed E-state index contributed by atoms with van der Waals surface area (Å²) in [6, 6.07) is 28.5. The third-order valence-corrected chi connectivity index (χ3v) is 4.99. The van der Waals surface area contributed by atoms with Gasteiger partial charge in [-0.05, 0) is 40.5 Å². The molecule has 26 heavy (non-hydrogen) atoms. The number of hydrogen-bond donors (Lipinski definition) is 2. The number of hydrogen-bond acceptors (Lipinski definition) is 2. The topological polar surface area (TPSA) is 45.4 Å². The van der Waals surface area contributed by atoms with Crippen LogP contribution in [-0.2, 0) is 0 Å². The zero-order chi connectivity index (χ0) is 17.7. The van der Waals surface area contributed by atoms with Gasteiger partial charge >= 0.3 is 7.12 Å². The lowest BCUT2D eigenvalue weighted by atomic mass is 9.80. The fourth-order valence-electron chi connectivity index (χ4n) is 3.74. The zero-order valence-corrected chi connectivity index (χ0v) is 14.0. The molecule has 5 aromatic rings. The molecule has 1 aromatic heterocycles. The van der Waals surface area contributed by atoms with E-state index in [1.165, 1.54) is 10.8 Å². The second-order valence-electron chi connectivity index (χ2n) is 6.53. The summed E-state index contributed by atoms with van der Waals surface area (Å²) in [6.45, 7) is 0. The van der Waals surface area contributed by atoms with Crippen molar-refractivity contribution in [3.8, 4) is 5.69 Å². The number of aromatic nitrogens is 1. The van der Waals surface area contributed by atoms with E-state index in [-0.39, 0.29) is 0 Å². The Hall–Kier alpha value is -3.08. The Balaban J connectivity index is 1.90. The van der Waals surface area contributed by atoms with Crippen LogP contribution in [0.3, 0.4) is 0 Å². The summed E-state index contributed by atoms with van der Waals surface area (Å²) in [4.78, 5) is 0. The van der Waals surface area contributed by atoms with Crippen molar-refractivity contribution in [2.24, 2.45) is 0 Å². The molecule has 1 heterocycles. The Morgan fingerprint density at radius 2 is 1.35 bits per heavy atom. The molecule has 0 aliphatic heterocycles. The van der Waals surface area contributed by atoms with Crippen molar-refractivity contribution in [1.29, 1.82) is 0 Å². The van der Waals surface area contributed by atoms with Crippen molar-refractivity contribution in [2.75, 3.05) is 0 Å². The van der Waals surface area contributed by atoms with E-state index >= 15 is 0 Å². The van der Waals surface area contributed by atoms with E-state index in [1.54, 1.807) is 6.07 Å². The molecule has 0 fully saturated rings. The van der Waals surface area contributed by atoms with Gasteiger partial charge < -0.3 is 14.6 Å². The molecule has 0 bridgehead atoms. The summed E-state index contributed by atoms with van der Waals surface area (Å²) in [6.07, 6.45) is 0. The number of fused-ring (bicyclic) bond motifs is 4. The number of benzene rings is 4. The molecule has 4 heteroatoms. The lowest BCUT2D eigenvalue weighted by molar-refractivity contribution is 0.426. The first-order chi connectivity index (χ1) is 12.7. The quantitative estimate of drug-likeness (QED) is 0.483. The lowest BCUT2D eigenvalue weighted by Crippen LogP contribution is -2.29. The van der Waals surface area contributed by atoms with Crippen LogP contribution in [0.25, 0.3) is 38.3 Å². The van der Waals surface area contributed by atoms with E-state index in [4.69, 9.17) is 0 Å². The maximum absolute atomic E-state index is 9.61. The van der Waals surface area contributed by atoms with E-state index < -0.39 is 7.12 Å². The first-order valence-corrected chi connectivity index (χ1v) is 8.61. The molecule has 0 atom stereocenters. The molecule has 5 rings (SSSR count). The van der Waals surface area contributed by atoms with Crippen molar-refractivity contribution in [3.63, 3.8) is 0 Å². The monoisotopic (exact) mass is 337 g/mol. The fourth-order valence-corrected chi connectivity index (χ4v) is 3.74. The molecule has 0 amide bonds. The molecule has 0 aliphatic carbocycles. The first-order valence-electron chi connectivity index (χ1n) is 8.61. The molecule has 0 spiro atoms. The Kier molecular flexibility index (Phi) is 3.35. The normalized spacial score (nSPS) is 11.5. The van der Waals surface area contributed by atoms with Crippen molar-refractivity contribution in [3.05, 3.63) is 84.9 Å². The first kappa shape index (κ1) is 15.2. The Morgan fingerprint density at radius 3 is 2.19 bits per heavy atom. The highest BCUT2D eigenvalue weighted by Crippen LogP contribution is 2.32. The zero-order valence-electron chi connectivity index (χ0n) is 14.0. The van der Waals surface area contributed by atoms with E-state index in [0.29, 0.717) is 5.46 Å². The summed E-state index contributed by atoms with van der Waals surface area (Å²) in [5.74, 6) is 0. The van der Waals surface area contributed by atoms with Gasteiger partial charge in [-0.25, -0.2) is 0 Å². The van der Waals surface area contributed by atoms with Crippen LogP contribution in [0.5, 0.6) is 0 Å².